The summed E-state index contributed by atoms with van der Waals surface area (Å²) in [7, 11) is 0. The van der Waals surface area contributed by atoms with Gasteiger partial charge in [0.15, 0.2) is 0 Å². The lowest BCUT2D eigenvalue weighted by Crippen LogP contribution is -2.28. The van der Waals surface area contributed by atoms with Gasteiger partial charge in [0.25, 0.3) is 0 Å². The van der Waals surface area contributed by atoms with E-state index in [0.717, 1.165) is 49.7 Å². The Morgan fingerprint density at radius 1 is 1.00 bits per heavy atom. The number of aromatic carboxylic acids is 1. The first kappa shape index (κ1) is 24.8. The van der Waals surface area contributed by atoms with E-state index in [1.807, 2.05) is 37.3 Å². The quantitative estimate of drug-likeness (QED) is 0.330. The number of aryl methyl sites for hydroxylation is 2. The fraction of sp³-hybridized carbons (Fsp3) is 0.481. The van der Waals surface area contributed by atoms with Crippen LogP contribution in [0.3, 0.4) is 0 Å². The van der Waals surface area contributed by atoms with Crippen molar-refractivity contribution in [1.29, 1.82) is 0 Å². The molecule has 1 heterocycles. The highest BCUT2D eigenvalue weighted by atomic mass is 16.5. The third-order valence-corrected chi connectivity index (χ3v) is 5.98. The third kappa shape index (κ3) is 7.06. The average Bonchev–Trinajstić information content (AvgIpc) is 3.16. The van der Waals surface area contributed by atoms with E-state index in [1.165, 1.54) is 31.2 Å². The van der Waals surface area contributed by atoms with Crippen LogP contribution >= 0.6 is 0 Å². The molecule has 33 heavy (non-hydrogen) atoms. The van der Waals surface area contributed by atoms with Gasteiger partial charge in [-0.25, -0.2) is 9.78 Å². The van der Waals surface area contributed by atoms with E-state index in [1.54, 1.807) is 12.1 Å². The molecule has 0 aliphatic carbocycles. The number of carbonyl (C=O) groups is 1. The highest BCUT2D eigenvalue weighted by Crippen LogP contribution is 2.21. The summed E-state index contributed by atoms with van der Waals surface area (Å²) in [6, 6.07) is 13.2. The van der Waals surface area contributed by atoms with Crippen molar-refractivity contribution >= 4 is 17.0 Å². The molecule has 0 fully saturated rings. The Morgan fingerprint density at radius 3 is 2.30 bits per heavy atom. The molecule has 0 aliphatic rings. The van der Waals surface area contributed by atoms with Crippen LogP contribution in [0.4, 0.5) is 0 Å². The number of fused-ring (bicyclic) bond motifs is 1. The first-order chi connectivity index (χ1) is 16.0. The van der Waals surface area contributed by atoms with Gasteiger partial charge in [-0.2, -0.15) is 0 Å². The summed E-state index contributed by atoms with van der Waals surface area (Å²) in [6.07, 6.45) is 5.89. The van der Waals surface area contributed by atoms with Gasteiger partial charge in [-0.15, -0.1) is 0 Å². The Morgan fingerprint density at radius 2 is 1.67 bits per heavy atom. The van der Waals surface area contributed by atoms with Crippen LogP contribution in [0.25, 0.3) is 11.0 Å². The maximum absolute atomic E-state index is 11.4. The van der Waals surface area contributed by atoms with Crippen molar-refractivity contribution in [2.75, 3.05) is 19.6 Å². The molecule has 178 valence electrons. The Bertz CT molecular complexity index is 1020. The molecule has 0 amide bonds. The van der Waals surface area contributed by atoms with Gasteiger partial charge in [0.2, 0.25) is 0 Å². The lowest BCUT2D eigenvalue weighted by atomic mass is 10.2. The summed E-state index contributed by atoms with van der Waals surface area (Å²) in [5.74, 6) is 0.684. The van der Waals surface area contributed by atoms with Crippen molar-refractivity contribution in [3.63, 3.8) is 0 Å². The number of carboxylic acid groups (broad SMARTS) is 1. The van der Waals surface area contributed by atoms with E-state index in [9.17, 15) is 9.90 Å². The molecule has 6 nitrogen and oxygen atoms in total. The van der Waals surface area contributed by atoms with Crippen LogP contribution in [-0.2, 0) is 13.2 Å². The first-order valence-electron chi connectivity index (χ1n) is 12.2. The van der Waals surface area contributed by atoms with Crippen LogP contribution in [0.5, 0.6) is 5.75 Å². The SMILES string of the molecule is CCCCN(CCCC)CCCn1c(COc2ccc(C)cc2)nc2cc(C(=O)O)ccc21. The number of rotatable bonds is 14. The molecule has 0 unspecified atom stereocenters. The van der Waals surface area contributed by atoms with Gasteiger partial charge in [0.1, 0.15) is 18.2 Å². The largest absolute Gasteiger partial charge is 0.486 e. The number of unbranched alkanes of at least 4 members (excludes halogenated alkanes) is 2. The van der Waals surface area contributed by atoms with Crippen LogP contribution in [0, 0.1) is 6.92 Å². The van der Waals surface area contributed by atoms with Crippen LogP contribution < -0.4 is 4.74 Å². The highest BCUT2D eigenvalue weighted by Gasteiger charge is 2.14. The van der Waals surface area contributed by atoms with Crippen molar-refractivity contribution < 1.29 is 14.6 Å². The van der Waals surface area contributed by atoms with Crippen LogP contribution in [0.2, 0.25) is 0 Å². The molecule has 0 saturated heterocycles. The highest BCUT2D eigenvalue weighted by molar-refractivity contribution is 5.92. The van der Waals surface area contributed by atoms with Crippen LogP contribution in [-0.4, -0.2) is 45.2 Å². The minimum atomic E-state index is -0.939. The summed E-state index contributed by atoms with van der Waals surface area (Å²) in [6.45, 7) is 11.0. The zero-order valence-electron chi connectivity index (χ0n) is 20.2. The van der Waals surface area contributed by atoms with Crippen molar-refractivity contribution in [2.24, 2.45) is 0 Å². The zero-order valence-corrected chi connectivity index (χ0v) is 20.2. The minimum Gasteiger partial charge on any atom is -0.486 e. The smallest absolute Gasteiger partial charge is 0.335 e. The Labute approximate surface area is 197 Å². The van der Waals surface area contributed by atoms with Crippen LogP contribution in [0.15, 0.2) is 42.5 Å². The van der Waals surface area contributed by atoms with E-state index in [0.29, 0.717) is 12.1 Å². The summed E-state index contributed by atoms with van der Waals surface area (Å²) in [5, 5.41) is 9.37. The monoisotopic (exact) mass is 451 g/mol. The van der Waals surface area contributed by atoms with Gasteiger partial charge in [0.05, 0.1) is 16.6 Å². The molecule has 1 N–H and O–H groups in total. The van der Waals surface area contributed by atoms with E-state index >= 15 is 0 Å². The van der Waals surface area contributed by atoms with Crippen molar-refractivity contribution in [2.45, 2.75) is 66.0 Å². The fourth-order valence-corrected chi connectivity index (χ4v) is 4.01. The molecule has 3 aromatic rings. The predicted octanol–water partition coefficient (Wildman–Crippen LogP) is 5.91. The molecule has 0 atom stereocenters. The van der Waals surface area contributed by atoms with Crippen LogP contribution in [0.1, 0.15) is 67.7 Å². The second-order valence-electron chi connectivity index (χ2n) is 8.69. The number of aromatic nitrogens is 2. The van der Waals surface area contributed by atoms with E-state index in [4.69, 9.17) is 9.72 Å². The van der Waals surface area contributed by atoms with Crippen molar-refractivity contribution in [3.8, 4) is 5.75 Å². The van der Waals surface area contributed by atoms with Gasteiger partial charge in [-0.05, 0) is 76.2 Å². The molecule has 1 aromatic heterocycles. The van der Waals surface area contributed by atoms with Gasteiger partial charge in [0, 0.05) is 6.54 Å². The molecule has 3 rings (SSSR count). The zero-order chi connectivity index (χ0) is 23.6. The summed E-state index contributed by atoms with van der Waals surface area (Å²) < 4.78 is 8.21. The van der Waals surface area contributed by atoms with E-state index in [-0.39, 0.29) is 5.56 Å². The number of hydrogen-bond acceptors (Lipinski definition) is 4. The third-order valence-electron chi connectivity index (χ3n) is 5.98. The van der Waals surface area contributed by atoms with E-state index in [2.05, 4.69) is 23.3 Å². The number of nitrogens with zero attached hydrogens (tertiary/aromatic N) is 3. The summed E-state index contributed by atoms with van der Waals surface area (Å²) in [4.78, 5) is 18.7. The first-order valence-corrected chi connectivity index (χ1v) is 12.2. The fourth-order valence-electron chi connectivity index (χ4n) is 4.01. The van der Waals surface area contributed by atoms with Crippen molar-refractivity contribution in [1.82, 2.24) is 14.5 Å². The standard InChI is InChI=1S/C27H37N3O3/c1-4-6-15-29(16-7-5-2)17-8-18-30-25-14-11-22(27(31)32)19-24(25)28-26(30)20-33-23-12-9-21(3)10-13-23/h9-14,19H,4-8,15-18,20H2,1-3H3,(H,31,32). The number of benzene rings is 2. The number of hydrogen-bond donors (Lipinski definition) is 1. The number of ether oxygens (including phenoxy) is 1. The normalized spacial score (nSPS) is 11.4. The predicted molar refractivity (Wildman–Crippen MR) is 133 cm³/mol. The van der Waals surface area contributed by atoms with Gasteiger partial charge in [-0.1, -0.05) is 44.4 Å². The molecular weight excluding hydrogens is 414 g/mol. The summed E-state index contributed by atoms with van der Waals surface area (Å²) >= 11 is 0. The maximum Gasteiger partial charge on any atom is 0.335 e. The molecule has 0 aliphatic heterocycles. The number of carboxylic acids is 1. The molecule has 0 radical (unpaired) electrons. The second-order valence-corrected chi connectivity index (χ2v) is 8.69. The Balaban J connectivity index is 1.77. The maximum atomic E-state index is 11.4. The van der Waals surface area contributed by atoms with Gasteiger partial charge < -0.3 is 19.3 Å². The average molecular weight is 452 g/mol. The van der Waals surface area contributed by atoms with Gasteiger partial charge in [-0.3, -0.25) is 0 Å². The Kier molecular flexibility index (Phi) is 9.31. The molecule has 2 aromatic carbocycles. The lowest BCUT2D eigenvalue weighted by molar-refractivity contribution is 0.0697. The molecule has 0 saturated carbocycles. The molecule has 0 bridgehead atoms. The van der Waals surface area contributed by atoms with Crippen molar-refractivity contribution in [3.05, 3.63) is 59.4 Å². The topological polar surface area (TPSA) is 67.6 Å². The second kappa shape index (κ2) is 12.4. The van der Waals surface area contributed by atoms with Gasteiger partial charge >= 0.3 is 5.97 Å². The molecule has 6 heteroatoms. The molecule has 0 spiro atoms. The Hall–Kier alpha value is -2.86. The number of imidazole rings is 1. The summed E-state index contributed by atoms with van der Waals surface area (Å²) in [5.41, 5.74) is 3.09. The van der Waals surface area contributed by atoms with E-state index < -0.39 is 5.97 Å². The molecular formula is C27H37N3O3. The minimum absolute atomic E-state index is 0.253. The lowest BCUT2D eigenvalue weighted by Gasteiger charge is -2.22.